The number of nitrogens with zero attached hydrogens (tertiary/aromatic N) is 4. The van der Waals surface area contributed by atoms with E-state index in [4.69, 9.17) is 25.8 Å². The molecule has 0 radical (unpaired) electrons. The Labute approximate surface area is 150 Å². The molecular weight excluding hydrogens is 368 g/mol. The first-order valence-electron chi connectivity index (χ1n) is 7.22. The number of thiophene rings is 1. The van der Waals surface area contributed by atoms with E-state index in [-0.39, 0.29) is 13.4 Å². The van der Waals surface area contributed by atoms with Gasteiger partial charge in [-0.15, -0.1) is 16.4 Å². The minimum Gasteiger partial charge on any atom is -0.467 e. The Morgan fingerprint density at radius 1 is 1.44 bits per heavy atom. The zero-order valence-corrected chi connectivity index (χ0v) is 14.3. The molecule has 0 fully saturated rings. The van der Waals surface area contributed by atoms with E-state index in [0.717, 1.165) is 5.56 Å². The number of fused-ring (bicyclic) bond motifs is 1. The Balaban J connectivity index is 1.54. The lowest BCUT2D eigenvalue weighted by atomic mass is 10.1. The minimum atomic E-state index is -0.471. The van der Waals surface area contributed by atoms with Gasteiger partial charge in [0.05, 0.1) is 12.3 Å². The van der Waals surface area contributed by atoms with Gasteiger partial charge in [0.25, 0.3) is 0 Å². The average molecular weight is 379 g/mol. The van der Waals surface area contributed by atoms with Crippen LogP contribution in [0.3, 0.4) is 0 Å². The molecule has 0 saturated heterocycles. The third kappa shape index (κ3) is 3.21. The first-order chi connectivity index (χ1) is 12.2. The smallest absolute Gasteiger partial charge is 0.350 e. The third-order valence-electron chi connectivity index (χ3n) is 3.54. The van der Waals surface area contributed by atoms with Crippen molar-refractivity contribution in [3.05, 3.63) is 50.9 Å². The van der Waals surface area contributed by atoms with Crippen LogP contribution >= 0.6 is 22.9 Å². The molecule has 128 valence electrons. The van der Waals surface area contributed by atoms with Crippen LogP contribution in [0.4, 0.5) is 0 Å². The molecule has 3 aromatic rings. The SMILES string of the molecule is O=C(OCc1cc(Cl)cc2c1OCOC2)c1sccc1-n1cnnn1. The molecule has 0 saturated carbocycles. The fourth-order valence-corrected chi connectivity index (χ4v) is 3.51. The summed E-state index contributed by atoms with van der Waals surface area (Å²) in [7, 11) is 0. The minimum absolute atomic E-state index is 0.0364. The van der Waals surface area contributed by atoms with Crippen LogP contribution in [0.1, 0.15) is 20.8 Å². The highest BCUT2D eigenvalue weighted by Gasteiger charge is 2.20. The molecule has 25 heavy (non-hydrogen) atoms. The number of hydrogen-bond acceptors (Lipinski definition) is 8. The molecule has 0 unspecified atom stereocenters. The van der Waals surface area contributed by atoms with Crippen LogP contribution in [-0.2, 0) is 22.7 Å². The molecule has 1 aliphatic rings. The van der Waals surface area contributed by atoms with Gasteiger partial charge in [-0.25, -0.2) is 4.79 Å². The number of halogens is 1. The van der Waals surface area contributed by atoms with Gasteiger partial charge in [0.1, 0.15) is 23.6 Å². The summed E-state index contributed by atoms with van der Waals surface area (Å²) >= 11 is 7.37. The van der Waals surface area contributed by atoms with Crippen molar-refractivity contribution in [3.8, 4) is 11.4 Å². The van der Waals surface area contributed by atoms with Crippen molar-refractivity contribution in [2.24, 2.45) is 0 Å². The fraction of sp³-hybridized carbons (Fsp3) is 0.200. The van der Waals surface area contributed by atoms with Crippen molar-refractivity contribution in [1.29, 1.82) is 0 Å². The lowest BCUT2D eigenvalue weighted by Crippen LogP contribution is -2.14. The van der Waals surface area contributed by atoms with Gasteiger partial charge in [0, 0.05) is 16.1 Å². The van der Waals surface area contributed by atoms with Gasteiger partial charge in [-0.1, -0.05) is 11.6 Å². The quantitative estimate of drug-likeness (QED) is 0.644. The number of carbonyl (C=O) groups excluding carboxylic acids is 1. The largest absolute Gasteiger partial charge is 0.467 e. The van der Waals surface area contributed by atoms with E-state index in [9.17, 15) is 4.79 Å². The Morgan fingerprint density at radius 2 is 2.36 bits per heavy atom. The van der Waals surface area contributed by atoms with Crippen LogP contribution in [0, 0.1) is 0 Å². The van der Waals surface area contributed by atoms with Crippen LogP contribution in [-0.4, -0.2) is 33.0 Å². The molecule has 0 bridgehead atoms. The molecule has 0 N–H and O–H groups in total. The molecule has 1 aromatic carbocycles. The number of tetrazole rings is 1. The molecule has 1 aliphatic heterocycles. The number of hydrogen-bond donors (Lipinski definition) is 0. The summed E-state index contributed by atoms with van der Waals surface area (Å²) in [5.41, 5.74) is 2.09. The van der Waals surface area contributed by atoms with E-state index in [1.165, 1.54) is 22.3 Å². The van der Waals surface area contributed by atoms with Crippen LogP contribution in [0.25, 0.3) is 5.69 Å². The normalized spacial score (nSPS) is 13.2. The van der Waals surface area contributed by atoms with Crippen LogP contribution < -0.4 is 4.74 Å². The van der Waals surface area contributed by atoms with E-state index in [1.54, 1.807) is 23.6 Å². The molecule has 2 aromatic heterocycles. The highest BCUT2D eigenvalue weighted by atomic mass is 35.5. The van der Waals surface area contributed by atoms with Gasteiger partial charge in [-0.3, -0.25) is 0 Å². The summed E-state index contributed by atoms with van der Waals surface area (Å²) in [4.78, 5) is 12.9. The van der Waals surface area contributed by atoms with E-state index in [2.05, 4.69) is 15.5 Å². The van der Waals surface area contributed by atoms with E-state index in [0.29, 0.717) is 33.5 Å². The van der Waals surface area contributed by atoms with Crippen molar-refractivity contribution >= 4 is 28.9 Å². The van der Waals surface area contributed by atoms with Crippen molar-refractivity contribution in [3.63, 3.8) is 0 Å². The monoisotopic (exact) mass is 378 g/mol. The lowest BCUT2D eigenvalue weighted by molar-refractivity contribution is -0.0180. The van der Waals surface area contributed by atoms with Gasteiger partial charge >= 0.3 is 5.97 Å². The first-order valence-corrected chi connectivity index (χ1v) is 8.48. The predicted molar refractivity (Wildman–Crippen MR) is 87.9 cm³/mol. The van der Waals surface area contributed by atoms with Gasteiger partial charge < -0.3 is 14.2 Å². The molecule has 10 heteroatoms. The van der Waals surface area contributed by atoms with E-state index in [1.807, 2.05) is 0 Å². The summed E-state index contributed by atoms with van der Waals surface area (Å²) in [5, 5.41) is 13.2. The zero-order chi connectivity index (χ0) is 17.2. The number of carbonyl (C=O) groups is 1. The fourth-order valence-electron chi connectivity index (χ4n) is 2.48. The Kier molecular flexibility index (Phi) is 4.35. The van der Waals surface area contributed by atoms with Gasteiger partial charge in [-0.05, 0) is 34.0 Å². The van der Waals surface area contributed by atoms with Gasteiger partial charge in [-0.2, -0.15) is 4.68 Å². The molecule has 8 nitrogen and oxygen atoms in total. The second kappa shape index (κ2) is 6.79. The summed E-state index contributed by atoms with van der Waals surface area (Å²) in [6, 6.07) is 5.24. The van der Waals surface area contributed by atoms with Crippen LogP contribution in [0.5, 0.6) is 5.75 Å². The van der Waals surface area contributed by atoms with Crippen molar-refractivity contribution in [2.75, 3.05) is 6.79 Å². The second-order valence-electron chi connectivity index (χ2n) is 5.13. The zero-order valence-electron chi connectivity index (χ0n) is 12.7. The maximum Gasteiger partial charge on any atom is 0.350 e. The third-order valence-corrected chi connectivity index (χ3v) is 4.64. The summed E-state index contributed by atoms with van der Waals surface area (Å²) < 4.78 is 17.6. The Bertz CT molecular complexity index is 912. The number of ether oxygens (including phenoxy) is 3. The topological polar surface area (TPSA) is 88.4 Å². The average Bonchev–Trinajstić information content (AvgIpc) is 3.29. The highest BCUT2D eigenvalue weighted by Crippen LogP contribution is 2.32. The number of rotatable bonds is 4. The molecular formula is C15H11ClN4O4S. The summed E-state index contributed by atoms with van der Waals surface area (Å²) in [6.07, 6.45) is 1.42. The van der Waals surface area contributed by atoms with E-state index >= 15 is 0 Å². The Hall–Kier alpha value is -2.49. The standard InChI is InChI=1S/C15H11ClN4O4S/c16-11-3-9-5-22-8-24-13(9)10(4-11)6-23-15(21)14-12(1-2-25-14)20-7-17-18-19-20/h1-4,7H,5-6,8H2. The predicted octanol–water partition coefficient (Wildman–Crippen LogP) is 2.60. The highest BCUT2D eigenvalue weighted by molar-refractivity contribution is 7.12. The van der Waals surface area contributed by atoms with Crippen molar-refractivity contribution in [2.45, 2.75) is 13.2 Å². The molecule has 0 amide bonds. The van der Waals surface area contributed by atoms with Crippen LogP contribution in [0.2, 0.25) is 5.02 Å². The maximum absolute atomic E-state index is 12.5. The number of esters is 1. The summed E-state index contributed by atoms with van der Waals surface area (Å²) in [5.74, 6) is 0.177. The molecule has 0 spiro atoms. The van der Waals surface area contributed by atoms with Gasteiger partial charge in [0.15, 0.2) is 6.79 Å². The van der Waals surface area contributed by atoms with Crippen molar-refractivity contribution in [1.82, 2.24) is 20.2 Å². The second-order valence-corrected chi connectivity index (χ2v) is 6.48. The molecule has 3 heterocycles. The first kappa shape index (κ1) is 16.0. The van der Waals surface area contributed by atoms with Gasteiger partial charge in [0.2, 0.25) is 0 Å². The molecule has 0 aliphatic carbocycles. The summed E-state index contributed by atoms with van der Waals surface area (Å²) in [6.45, 7) is 0.601. The Morgan fingerprint density at radius 3 is 3.20 bits per heavy atom. The maximum atomic E-state index is 12.5. The molecule has 4 rings (SSSR count). The van der Waals surface area contributed by atoms with E-state index < -0.39 is 5.97 Å². The number of aromatic nitrogens is 4. The van der Waals surface area contributed by atoms with Crippen molar-refractivity contribution < 1.29 is 19.0 Å². The lowest BCUT2D eigenvalue weighted by Gasteiger charge is -2.21. The molecule has 0 atom stereocenters. The van der Waals surface area contributed by atoms with Crippen LogP contribution in [0.15, 0.2) is 29.9 Å². The number of benzene rings is 1.